The molecule has 146 valence electrons. The van der Waals surface area contributed by atoms with Gasteiger partial charge in [-0.2, -0.15) is 0 Å². The molecule has 0 spiro atoms. The van der Waals surface area contributed by atoms with Crippen LogP contribution in [0.5, 0.6) is 0 Å². The first-order valence-electron chi connectivity index (χ1n) is 8.97. The molecule has 0 heterocycles. The SMILES string of the molecule is CCCC(=O)Nc1cccc(CN=C(NCc2ccccc2)N(C)C)c1.I. The molecule has 0 aliphatic rings. The molecule has 0 aliphatic heterocycles. The Morgan fingerprint density at radius 2 is 1.74 bits per heavy atom. The first-order valence-corrected chi connectivity index (χ1v) is 8.97. The second kappa shape index (κ2) is 12.3. The van der Waals surface area contributed by atoms with Crippen LogP contribution in [0, 0.1) is 0 Å². The zero-order valence-electron chi connectivity index (χ0n) is 16.2. The van der Waals surface area contributed by atoms with Crippen molar-refractivity contribution < 1.29 is 4.79 Å². The highest BCUT2D eigenvalue weighted by molar-refractivity contribution is 14.0. The summed E-state index contributed by atoms with van der Waals surface area (Å²) in [6.45, 7) is 3.27. The van der Waals surface area contributed by atoms with Crippen molar-refractivity contribution in [2.75, 3.05) is 19.4 Å². The Kier molecular flexibility index (Phi) is 10.5. The normalized spacial score (nSPS) is 10.7. The number of nitrogens with zero attached hydrogens (tertiary/aromatic N) is 2. The van der Waals surface area contributed by atoms with Crippen molar-refractivity contribution in [2.45, 2.75) is 32.9 Å². The molecule has 0 fully saturated rings. The average molecular weight is 480 g/mol. The fourth-order valence-electron chi connectivity index (χ4n) is 2.50. The molecule has 2 N–H and O–H groups in total. The summed E-state index contributed by atoms with van der Waals surface area (Å²) in [5.74, 6) is 0.876. The van der Waals surface area contributed by atoms with Crippen molar-refractivity contribution in [1.82, 2.24) is 10.2 Å². The molecule has 2 aromatic carbocycles. The first kappa shape index (κ1) is 23.0. The molecule has 0 aliphatic carbocycles. The summed E-state index contributed by atoms with van der Waals surface area (Å²) in [5.41, 5.74) is 3.09. The Bertz CT molecular complexity index is 732. The number of carbonyl (C=O) groups excluding carboxylic acids is 1. The molecule has 2 aromatic rings. The van der Waals surface area contributed by atoms with Gasteiger partial charge in [-0.15, -0.1) is 24.0 Å². The van der Waals surface area contributed by atoms with E-state index >= 15 is 0 Å². The Balaban J connectivity index is 0.00000364. The van der Waals surface area contributed by atoms with Crippen molar-refractivity contribution in [3.63, 3.8) is 0 Å². The molecular weight excluding hydrogens is 451 g/mol. The maximum absolute atomic E-state index is 11.7. The second-order valence-electron chi connectivity index (χ2n) is 6.37. The quantitative estimate of drug-likeness (QED) is 0.354. The molecular formula is C21H29IN4O. The number of hydrogen-bond donors (Lipinski definition) is 2. The fourth-order valence-corrected chi connectivity index (χ4v) is 2.50. The number of amides is 1. The van der Waals surface area contributed by atoms with Crippen LogP contribution in [-0.2, 0) is 17.9 Å². The van der Waals surface area contributed by atoms with Gasteiger partial charge in [0.15, 0.2) is 5.96 Å². The lowest BCUT2D eigenvalue weighted by Gasteiger charge is -2.18. The van der Waals surface area contributed by atoms with Crippen molar-refractivity contribution in [3.8, 4) is 0 Å². The van der Waals surface area contributed by atoms with Gasteiger partial charge in [-0.1, -0.05) is 49.4 Å². The molecule has 0 aromatic heterocycles. The lowest BCUT2D eigenvalue weighted by molar-refractivity contribution is -0.116. The molecule has 0 unspecified atom stereocenters. The van der Waals surface area contributed by atoms with E-state index < -0.39 is 0 Å². The van der Waals surface area contributed by atoms with Gasteiger partial charge in [0.25, 0.3) is 0 Å². The van der Waals surface area contributed by atoms with Gasteiger partial charge in [0.1, 0.15) is 0 Å². The van der Waals surface area contributed by atoms with Crippen LogP contribution in [0.1, 0.15) is 30.9 Å². The van der Waals surface area contributed by atoms with Crippen LogP contribution in [0.25, 0.3) is 0 Å². The summed E-state index contributed by atoms with van der Waals surface area (Å²) >= 11 is 0. The molecule has 0 radical (unpaired) electrons. The Labute approximate surface area is 179 Å². The highest BCUT2D eigenvalue weighted by atomic mass is 127. The van der Waals surface area contributed by atoms with E-state index in [1.807, 2.05) is 68.4 Å². The molecule has 0 atom stereocenters. The van der Waals surface area contributed by atoms with Crippen LogP contribution < -0.4 is 10.6 Å². The van der Waals surface area contributed by atoms with E-state index in [9.17, 15) is 4.79 Å². The van der Waals surface area contributed by atoms with Crippen molar-refractivity contribution in [3.05, 3.63) is 65.7 Å². The molecule has 1 amide bonds. The van der Waals surface area contributed by atoms with Crippen LogP contribution in [-0.4, -0.2) is 30.9 Å². The molecule has 5 nitrogen and oxygen atoms in total. The van der Waals surface area contributed by atoms with Gasteiger partial charge in [0.2, 0.25) is 5.91 Å². The smallest absolute Gasteiger partial charge is 0.224 e. The van der Waals surface area contributed by atoms with E-state index in [0.29, 0.717) is 13.0 Å². The minimum absolute atomic E-state index is 0. The minimum Gasteiger partial charge on any atom is -0.352 e. The number of hydrogen-bond acceptors (Lipinski definition) is 2. The van der Waals surface area contributed by atoms with Gasteiger partial charge in [0.05, 0.1) is 6.54 Å². The summed E-state index contributed by atoms with van der Waals surface area (Å²) < 4.78 is 0. The van der Waals surface area contributed by atoms with E-state index in [2.05, 4.69) is 27.8 Å². The van der Waals surface area contributed by atoms with Gasteiger partial charge < -0.3 is 15.5 Å². The first-order chi connectivity index (χ1) is 12.6. The Morgan fingerprint density at radius 3 is 2.41 bits per heavy atom. The molecule has 2 rings (SSSR count). The molecule has 0 saturated heterocycles. The van der Waals surface area contributed by atoms with Crippen LogP contribution in [0.3, 0.4) is 0 Å². The molecule has 6 heteroatoms. The van der Waals surface area contributed by atoms with Gasteiger partial charge in [0, 0.05) is 32.7 Å². The van der Waals surface area contributed by atoms with Gasteiger partial charge in [-0.25, -0.2) is 4.99 Å². The van der Waals surface area contributed by atoms with Crippen LogP contribution >= 0.6 is 24.0 Å². The van der Waals surface area contributed by atoms with Gasteiger partial charge >= 0.3 is 0 Å². The molecule has 0 bridgehead atoms. The molecule has 27 heavy (non-hydrogen) atoms. The third kappa shape index (κ3) is 8.43. The average Bonchev–Trinajstić information content (AvgIpc) is 2.62. The monoisotopic (exact) mass is 480 g/mol. The number of aliphatic imine (C=N–C) groups is 1. The van der Waals surface area contributed by atoms with Gasteiger partial charge in [-0.05, 0) is 29.7 Å². The van der Waals surface area contributed by atoms with Crippen molar-refractivity contribution in [2.24, 2.45) is 4.99 Å². The summed E-state index contributed by atoms with van der Waals surface area (Å²) in [5, 5.41) is 6.30. The Hall–Kier alpha value is -2.09. The largest absolute Gasteiger partial charge is 0.352 e. The standard InChI is InChI=1S/C21H28N4O.HI/c1-4-9-20(26)24-19-13-8-12-18(14-19)16-23-21(25(2)3)22-15-17-10-6-5-7-11-17;/h5-8,10-14H,4,9,15-16H2,1-3H3,(H,22,23)(H,24,26);1H. The fraction of sp³-hybridized carbons (Fsp3) is 0.333. The number of guanidine groups is 1. The van der Waals surface area contributed by atoms with Crippen molar-refractivity contribution >= 4 is 41.5 Å². The highest BCUT2D eigenvalue weighted by Gasteiger charge is 2.04. The third-order valence-corrected chi connectivity index (χ3v) is 3.82. The maximum atomic E-state index is 11.7. The number of nitrogens with one attached hydrogen (secondary N) is 2. The van der Waals surface area contributed by atoms with Crippen LogP contribution in [0.2, 0.25) is 0 Å². The number of halogens is 1. The number of carbonyl (C=O) groups is 1. The van der Waals surface area contributed by atoms with E-state index in [1.54, 1.807) is 0 Å². The highest BCUT2D eigenvalue weighted by Crippen LogP contribution is 2.12. The van der Waals surface area contributed by atoms with Crippen molar-refractivity contribution in [1.29, 1.82) is 0 Å². The predicted molar refractivity (Wildman–Crippen MR) is 124 cm³/mol. The number of anilines is 1. The predicted octanol–water partition coefficient (Wildman–Crippen LogP) is 4.25. The zero-order chi connectivity index (χ0) is 18.8. The van der Waals surface area contributed by atoms with Gasteiger partial charge in [-0.3, -0.25) is 4.79 Å². The number of rotatable bonds is 7. The summed E-state index contributed by atoms with van der Waals surface area (Å²) in [4.78, 5) is 18.4. The lowest BCUT2D eigenvalue weighted by atomic mass is 10.2. The number of benzene rings is 2. The summed E-state index contributed by atoms with van der Waals surface area (Å²) in [6, 6.07) is 18.1. The summed E-state index contributed by atoms with van der Waals surface area (Å²) in [6.07, 6.45) is 1.38. The topological polar surface area (TPSA) is 56.7 Å². The maximum Gasteiger partial charge on any atom is 0.224 e. The third-order valence-electron chi connectivity index (χ3n) is 3.82. The van der Waals surface area contributed by atoms with E-state index in [-0.39, 0.29) is 29.9 Å². The zero-order valence-corrected chi connectivity index (χ0v) is 18.6. The van der Waals surface area contributed by atoms with E-state index in [1.165, 1.54) is 5.56 Å². The van der Waals surface area contributed by atoms with E-state index in [4.69, 9.17) is 0 Å². The second-order valence-corrected chi connectivity index (χ2v) is 6.37. The summed E-state index contributed by atoms with van der Waals surface area (Å²) in [7, 11) is 3.94. The van der Waals surface area contributed by atoms with E-state index in [0.717, 1.165) is 30.2 Å². The lowest BCUT2D eigenvalue weighted by Crippen LogP contribution is -2.36. The molecule has 0 saturated carbocycles. The van der Waals surface area contributed by atoms with Crippen LogP contribution in [0.15, 0.2) is 59.6 Å². The minimum atomic E-state index is 0. The van der Waals surface area contributed by atoms with Crippen LogP contribution in [0.4, 0.5) is 5.69 Å². The Morgan fingerprint density at radius 1 is 1.04 bits per heavy atom.